The van der Waals surface area contributed by atoms with Crippen molar-refractivity contribution in [1.29, 1.82) is 0 Å². The molecule has 3 N–H and O–H groups in total. The number of hydrogen-bond acceptors (Lipinski definition) is 2. The lowest BCUT2D eigenvalue weighted by atomic mass is 10.0. The maximum absolute atomic E-state index is 11.3. The molecule has 13 heavy (non-hydrogen) atoms. The van der Waals surface area contributed by atoms with Gasteiger partial charge in [-0.15, -0.1) is 0 Å². The van der Waals surface area contributed by atoms with E-state index in [4.69, 9.17) is 5.73 Å². The van der Waals surface area contributed by atoms with Gasteiger partial charge >= 0.3 is 0 Å². The highest BCUT2D eigenvalue weighted by Gasteiger charge is 2.51. The third-order valence-electron chi connectivity index (χ3n) is 3.38. The second-order valence-electron chi connectivity index (χ2n) is 4.44. The number of nitrogens with two attached hydrogens (primary N) is 1. The fourth-order valence-corrected chi connectivity index (χ4v) is 2.50. The maximum Gasteiger partial charge on any atom is 0.236 e. The van der Waals surface area contributed by atoms with Crippen LogP contribution in [0.3, 0.4) is 0 Å². The number of fused-ring (bicyclic) bond motifs is 1. The molecule has 2 rings (SSSR count). The number of amides is 1. The Morgan fingerprint density at radius 3 is 2.38 bits per heavy atom. The van der Waals surface area contributed by atoms with Crippen molar-refractivity contribution >= 4 is 5.91 Å². The normalized spacial score (nSPS) is 39.1. The lowest BCUT2D eigenvalue weighted by Gasteiger charge is -2.06. The Hall–Kier alpha value is -0.570. The molecule has 1 amide bonds. The van der Waals surface area contributed by atoms with Gasteiger partial charge in [0.1, 0.15) is 0 Å². The lowest BCUT2D eigenvalue weighted by molar-refractivity contribution is -0.122. The van der Waals surface area contributed by atoms with Gasteiger partial charge < -0.3 is 11.1 Å². The maximum atomic E-state index is 11.3. The summed E-state index contributed by atoms with van der Waals surface area (Å²) in [5, 5.41) is 3.03. The largest absolute Gasteiger partial charge is 0.351 e. The molecule has 2 unspecified atom stereocenters. The molecule has 0 bridgehead atoms. The number of hydrogen-bond donors (Lipinski definition) is 2. The third-order valence-corrected chi connectivity index (χ3v) is 3.38. The Balaban J connectivity index is 1.81. The molecule has 0 saturated heterocycles. The number of rotatable bonds is 2. The van der Waals surface area contributed by atoms with E-state index in [-0.39, 0.29) is 11.9 Å². The van der Waals surface area contributed by atoms with E-state index < -0.39 is 0 Å². The molecule has 3 atom stereocenters. The summed E-state index contributed by atoms with van der Waals surface area (Å²) < 4.78 is 0. The van der Waals surface area contributed by atoms with E-state index in [1.807, 2.05) is 0 Å². The molecule has 0 heterocycles. The predicted octanol–water partition coefficient (Wildman–Crippen LogP) is 0.638. The molecule has 3 nitrogen and oxygen atoms in total. The van der Waals surface area contributed by atoms with E-state index in [9.17, 15) is 4.79 Å². The van der Waals surface area contributed by atoms with Crippen molar-refractivity contribution in [2.45, 2.75) is 44.7 Å². The van der Waals surface area contributed by atoms with Gasteiger partial charge in [0.15, 0.2) is 0 Å². The monoisotopic (exact) mass is 182 g/mol. The summed E-state index contributed by atoms with van der Waals surface area (Å²) in [4.78, 5) is 11.3. The Labute approximate surface area is 79.1 Å². The van der Waals surface area contributed by atoms with E-state index >= 15 is 0 Å². The van der Waals surface area contributed by atoms with E-state index in [0.717, 1.165) is 11.8 Å². The molecular formula is C10H18N2O. The van der Waals surface area contributed by atoms with Crippen molar-refractivity contribution in [2.24, 2.45) is 17.6 Å². The highest BCUT2D eigenvalue weighted by molar-refractivity contribution is 5.81. The van der Waals surface area contributed by atoms with Gasteiger partial charge in [-0.25, -0.2) is 0 Å². The van der Waals surface area contributed by atoms with Crippen molar-refractivity contribution in [1.82, 2.24) is 5.32 Å². The first-order valence-corrected chi connectivity index (χ1v) is 5.26. The van der Waals surface area contributed by atoms with Crippen LogP contribution in [0.5, 0.6) is 0 Å². The minimum atomic E-state index is -0.359. The average molecular weight is 182 g/mol. The van der Waals surface area contributed by atoms with Gasteiger partial charge in [0.2, 0.25) is 5.91 Å². The van der Waals surface area contributed by atoms with Crippen molar-refractivity contribution in [2.75, 3.05) is 0 Å². The highest BCUT2D eigenvalue weighted by atomic mass is 16.2. The van der Waals surface area contributed by atoms with Crippen LogP contribution in [0.4, 0.5) is 0 Å². The summed E-state index contributed by atoms with van der Waals surface area (Å²) in [7, 11) is 0. The van der Waals surface area contributed by atoms with Crippen LogP contribution in [0.2, 0.25) is 0 Å². The summed E-state index contributed by atoms with van der Waals surface area (Å²) in [6, 6.07) is 0.101. The summed E-state index contributed by atoms with van der Waals surface area (Å²) in [5.74, 6) is 1.56. The van der Waals surface area contributed by atoms with Crippen molar-refractivity contribution in [3.63, 3.8) is 0 Å². The first-order valence-electron chi connectivity index (χ1n) is 5.26. The molecule has 74 valence electrons. The van der Waals surface area contributed by atoms with Gasteiger partial charge in [0.25, 0.3) is 0 Å². The fourth-order valence-electron chi connectivity index (χ4n) is 2.50. The Kier molecular flexibility index (Phi) is 2.28. The fraction of sp³-hybridized carbons (Fsp3) is 0.900. The van der Waals surface area contributed by atoms with Gasteiger partial charge in [-0.1, -0.05) is 12.8 Å². The summed E-state index contributed by atoms with van der Waals surface area (Å²) >= 11 is 0. The van der Waals surface area contributed by atoms with Crippen LogP contribution >= 0.6 is 0 Å². The molecule has 2 saturated carbocycles. The molecule has 0 spiro atoms. The highest BCUT2D eigenvalue weighted by Crippen LogP contribution is 2.49. The van der Waals surface area contributed by atoms with Crippen LogP contribution in [0.25, 0.3) is 0 Å². The summed E-state index contributed by atoms with van der Waals surface area (Å²) in [6.45, 7) is 1.74. The van der Waals surface area contributed by atoms with Gasteiger partial charge in [0.05, 0.1) is 6.04 Å². The molecule has 2 fully saturated rings. The van der Waals surface area contributed by atoms with E-state index in [0.29, 0.717) is 6.04 Å². The van der Waals surface area contributed by atoms with E-state index in [1.165, 1.54) is 25.7 Å². The summed E-state index contributed by atoms with van der Waals surface area (Å²) in [5.41, 5.74) is 5.49. The van der Waals surface area contributed by atoms with Gasteiger partial charge in [-0.05, 0) is 31.6 Å². The lowest BCUT2D eigenvalue weighted by Crippen LogP contribution is -2.40. The van der Waals surface area contributed by atoms with Gasteiger partial charge in [-0.2, -0.15) is 0 Å². The molecule has 0 aromatic heterocycles. The average Bonchev–Trinajstić information content (AvgIpc) is 2.79. The minimum Gasteiger partial charge on any atom is -0.351 e. The Morgan fingerprint density at radius 2 is 1.92 bits per heavy atom. The molecule has 2 aliphatic carbocycles. The zero-order chi connectivity index (χ0) is 9.42. The van der Waals surface area contributed by atoms with Crippen LogP contribution in [0, 0.1) is 11.8 Å². The molecule has 0 aromatic rings. The van der Waals surface area contributed by atoms with Crippen LogP contribution in [-0.2, 0) is 4.79 Å². The SMILES string of the molecule is C[C@@H](N)C(=O)NC1C2CCCCC21. The molecule has 0 radical (unpaired) electrons. The Bertz CT molecular complexity index is 203. The first-order chi connectivity index (χ1) is 6.20. The van der Waals surface area contributed by atoms with Crippen molar-refractivity contribution in [3.8, 4) is 0 Å². The van der Waals surface area contributed by atoms with E-state index in [1.54, 1.807) is 6.92 Å². The van der Waals surface area contributed by atoms with Crippen molar-refractivity contribution < 1.29 is 4.79 Å². The zero-order valence-electron chi connectivity index (χ0n) is 8.12. The second kappa shape index (κ2) is 3.29. The third kappa shape index (κ3) is 1.70. The summed E-state index contributed by atoms with van der Waals surface area (Å²) in [6.07, 6.45) is 5.28. The second-order valence-corrected chi connectivity index (χ2v) is 4.44. The van der Waals surface area contributed by atoms with Crippen LogP contribution in [0.1, 0.15) is 32.6 Å². The van der Waals surface area contributed by atoms with Gasteiger partial charge in [-0.3, -0.25) is 4.79 Å². The molecule has 3 heteroatoms. The quantitative estimate of drug-likeness (QED) is 0.658. The van der Waals surface area contributed by atoms with Crippen LogP contribution in [-0.4, -0.2) is 18.0 Å². The zero-order valence-corrected chi connectivity index (χ0v) is 8.12. The topological polar surface area (TPSA) is 55.1 Å². The van der Waals surface area contributed by atoms with Crippen molar-refractivity contribution in [3.05, 3.63) is 0 Å². The molecule has 2 aliphatic rings. The molecular weight excluding hydrogens is 164 g/mol. The predicted molar refractivity (Wildman–Crippen MR) is 51.0 cm³/mol. The minimum absolute atomic E-state index is 0.0133. The van der Waals surface area contributed by atoms with Crippen LogP contribution in [0.15, 0.2) is 0 Å². The molecule has 0 aliphatic heterocycles. The standard InChI is InChI=1S/C10H18N2O/c1-6(11)10(13)12-9-7-4-2-3-5-8(7)9/h6-9H,2-5,11H2,1H3,(H,12,13)/t6-,7?,8?,9?/m1/s1. The number of nitrogens with one attached hydrogen (secondary N) is 1. The van der Waals surface area contributed by atoms with Gasteiger partial charge in [0, 0.05) is 6.04 Å². The number of carbonyl (C=O) groups is 1. The van der Waals surface area contributed by atoms with Crippen LogP contribution < -0.4 is 11.1 Å². The molecule has 0 aromatic carbocycles. The Morgan fingerprint density at radius 1 is 1.38 bits per heavy atom. The smallest absolute Gasteiger partial charge is 0.236 e. The number of carbonyl (C=O) groups excluding carboxylic acids is 1. The first kappa shape index (κ1) is 9.00. The van der Waals surface area contributed by atoms with E-state index in [2.05, 4.69) is 5.32 Å².